The Hall–Kier alpha value is -3.76. The van der Waals surface area contributed by atoms with Crippen LogP contribution in [0.1, 0.15) is 44.2 Å². The van der Waals surface area contributed by atoms with Gasteiger partial charge in [0, 0.05) is 17.0 Å². The summed E-state index contributed by atoms with van der Waals surface area (Å²) in [7, 11) is 0. The Bertz CT molecular complexity index is 1480. The molecule has 0 aliphatic heterocycles. The molecule has 0 bridgehead atoms. The highest BCUT2D eigenvalue weighted by atomic mass is 19.3. The first kappa shape index (κ1) is 31.8. The summed E-state index contributed by atoms with van der Waals surface area (Å²) in [5.41, 5.74) is 1.73. The van der Waals surface area contributed by atoms with E-state index in [4.69, 9.17) is 9.15 Å². The van der Waals surface area contributed by atoms with Gasteiger partial charge in [-0.3, -0.25) is 0 Å². The number of fused-ring (bicyclic) bond motifs is 1. The van der Waals surface area contributed by atoms with E-state index in [0.717, 1.165) is 55.9 Å². The molecule has 3 rings (SSSR count). The molecule has 3 aromatic rings. The second-order valence-corrected chi connectivity index (χ2v) is 9.88. The van der Waals surface area contributed by atoms with E-state index in [-0.39, 0.29) is 16.7 Å². The zero-order valence-corrected chi connectivity index (χ0v) is 22.8. The molecule has 0 amide bonds. The minimum absolute atomic E-state index is 0.0859. The maximum atomic E-state index is 14.3. The van der Waals surface area contributed by atoms with Crippen molar-refractivity contribution in [3.8, 4) is 16.9 Å². The molecule has 0 saturated heterocycles. The predicted octanol–water partition coefficient (Wildman–Crippen LogP) is 7.91. The SMILES string of the molecule is C=C(C)C(=O)OCC(F)(F)C(F)(F)C(F)(F)COc1ccc2cc(-c3ccc(CCCCC)cc3C)c(=O)oc2c1. The number of rotatable bonds is 13. The minimum Gasteiger partial charge on any atom is -0.487 e. The maximum Gasteiger partial charge on any atom is 0.378 e. The number of benzene rings is 2. The lowest BCUT2D eigenvalue weighted by molar-refractivity contribution is -0.322. The van der Waals surface area contributed by atoms with Crippen LogP contribution in [0.3, 0.4) is 0 Å². The molecule has 0 fully saturated rings. The first-order valence-electron chi connectivity index (χ1n) is 12.9. The van der Waals surface area contributed by atoms with Gasteiger partial charge in [-0.1, -0.05) is 44.5 Å². The highest BCUT2D eigenvalue weighted by molar-refractivity contribution is 5.87. The van der Waals surface area contributed by atoms with Crippen LogP contribution in [-0.4, -0.2) is 37.0 Å². The Morgan fingerprint density at radius 2 is 1.61 bits per heavy atom. The fourth-order valence-corrected chi connectivity index (χ4v) is 4.03. The minimum atomic E-state index is -5.93. The molecule has 1 aromatic heterocycles. The fourth-order valence-electron chi connectivity index (χ4n) is 4.03. The molecule has 1 heterocycles. The van der Waals surface area contributed by atoms with Crippen LogP contribution >= 0.6 is 0 Å². The lowest BCUT2D eigenvalue weighted by Crippen LogP contribution is -2.58. The van der Waals surface area contributed by atoms with Crippen molar-refractivity contribution in [2.45, 2.75) is 64.2 Å². The van der Waals surface area contributed by atoms with E-state index in [1.807, 2.05) is 25.1 Å². The van der Waals surface area contributed by atoms with Crippen molar-refractivity contribution in [2.24, 2.45) is 0 Å². The molecule has 0 radical (unpaired) electrons. The molecule has 11 heteroatoms. The van der Waals surface area contributed by atoms with Crippen LogP contribution in [-0.2, 0) is 16.0 Å². The second-order valence-electron chi connectivity index (χ2n) is 9.88. The van der Waals surface area contributed by atoms with Gasteiger partial charge in [-0.15, -0.1) is 0 Å². The summed E-state index contributed by atoms with van der Waals surface area (Å²) in [6.07, 6.45) is 4.17. The molecule has 0 aliphatic carbocycles. The van der Waals surface area contributed by atoms with Crippen molar-refractivity contribution in [3.63, 3.8) is 0 Å². The number of halogens is 6. The van der Waals surface area contributed by atoms with Crippen LogP contribution in [0.15, 0.2) is 63.8 Å². The van der Waals surface area contributed by atoms with Gasteiger partial charge in [0.25, 0.3) is 0 Å². The number of hydrogen-bond acceptors (Lipinski definition) is 5. The molecule has 0 atom stereocenters. The van der Waals surface area contributed by atoms with Gasteiger partial charge >= 0.3 is 29.4 Å². The molecule has 222 valence electrons. The van der Waals surface area contributed by atoms with Crippen molar-refractivity contribution in [3.05, 3.63) is 76.2 Å². The number of carbonyl (C=O) groups is 1. The van der Waals surface area contributed by atoms with E-state index in [1.54, 1.807) is 6.07 Å². The van der Waals surface area contributed by atoms with E-state index < -0.39 is 48.3 Å². The summed E-state index contributed by atoms with van der Waals surface area (Å²) in [6.45, 7) is 3.72. The Morgan fingerprint density at radius 1 is 0.927 bits per heavy atom. The van der Waals surface area contributed by atoms with E-state index in [9.17, 15) is 35.9 Å². The van der Waals surface area contributed by atoms with Gasteiger partial charge in [0.2, 0.25) is 0 Å². The Labute approximate surface area is 232 Å². The van der Waals surface area contributed by atoms with Gasteiger partial charge < -0.3 is 13.9 Å². The lowest BCUT2D eigenvalue weighted by atomic mass is 9.97. The van der Waals surface area contributed by atoms with Crippen molar-refractivity contribution < 1.29 is 45.0 Å². The average Bonchev–Trinajstić information content (AvgIpc) is 2.90. The van der Waals surface area contributed by atoms with E-state index >= 15 is 0 Å². The topological polar surface area (TPSA) is 65.7 Å². The van der Waals surface area contributed by atoms with Crippen LogP contribution in [0.2, 0.25) is 0 Å². The normalized spacial score (nSPS) is 12.4. The Balaban J connectivity index is 1.77. The van der Waals surface area contributed by atoms with Crippen LogP contribution in [0.5, 0.6) is 5.75 Å². The second kappa shape index (κ2) is 12.4. The van der Waals surface area contributed by atoms with Gasteiger partial charge in [-0.2, -0.15) is 26.3 Å². The Kier molecular flexibility index (Phi) is 9.61. The Morgan fingerprint density at radius 3 is 2.24 bits per heavy atom. The summed E-state index contributed by atoms with van der Waals surface area (Å²) in [5.74, 6) is -18.6. The summed E-state index contributed by atoms with van der Waals surface area (Å²) in [4.78, 5) is 24.0. The monoisotopic (exact) mass is 584 g/mol. The molecule has 2 aromatic carbocycles. The third kappa shape index (κ3) is 7.12. The largest absolute Gasteiger partial charge is 0.487 e. The summed E-state index contributed by atoms with van der Waals surface area (Å²) < 4.78 is 98.7. The van der Waals surface area contributed by atoms with Gasteiger partial charge in [-0.25, -0.2) is 9.59 Å². The van der Waals surface area contributed by atoms with Crippen LogP contribution < -0.4 is 10.4 Å². The maximum absolute atomic E-state index is 14.3. The van der Waals surface area contributed by atoms with E-state index in [0.29, 0.717) is 10.9 Å². The van der Waals surface area contributed by atoms with Crippen LogP contribution in [0, 0.1) is 6.92 Å². The molecule has 5 nitrogen and oxygen atoms in total. The smallest absolute Gasteiger partial charge is 0.378 e. The van der Waals surface area contributed by atoms with Gasteiger partial charge in [0.05, 0.1) is 5.56 Å². The van der Waals surface area contributed by atoms with Crippen molar-refractivity contribution in [1.82, 2.24) is 0 Å². The molecule has 0 unspecified atom stereocenters. The molecule has 0 N–H and O–H groups in total. The highest BCUT2D eigenvalue weighted by Crippen LogP contribution is 2.46. The van der Waals surface area contributed by atoms with Crippen molar-refractivity contribution in [1.29, 1.82) is 0 Å². The number of alkyl halides is 6. The number of carbonyl (C=O) groups excluding carboxylic acids is 1. The summed E-state index contributed by atoms with van der Waals surface area (Å²) in [6, 6.07) is 10.8. The summed E-state index contributed by atoms with van der Waals surface area (Å²) >= 11 is 0. The van der Waals surface area contributed by atoms with Crippen LogP contribution in [0.4, 0.5) is 26.3 Å². The van der Waals surface area contributed by atoms with Gasteiger partial charge in [-0.05, 0) is 61.6 Å². The number of hydrogen-bond donors (Lipinski definition) is 0. The predicted molar refractivity (Wildman–Crippen MR) is 142 cm³/mol. The molecule has 0 saturated carbocycles. The van der Waals surface area contributed by atoms with Gasteiger partial charge in [0.15, 0.2) is 13.2 Å². The van der Waals surface area contributed by atoms with E-state index in [1.165, 1.54) is 6.07 Å². The number of esters is 1. The number of aryl methyl sites for hydroxylation is 2. The number of ether oxygens (including phenoxy) is 2. The molecule has 41 heavy (non-hydrogen) atoms. The molecular formula is C30H30F6O5. The molecule has 0 aliphatic rings. The highest BCUT2D eigenvalue weighted by Gasteiger charge is 2.72. The molecular weight excluding hydrogens is 554 g/mol. The standard InChI is InChI=1S/C30H30F6O5/c1-5-6-7-8-20-9-12-23(19(4)13-20)24-14-21-10-11-22(15-25(21)41-27(24)38)39-16-28(31,32)30(35,36)29(33,34)17-40-26(37)18(2)3/h9-15H,2,5-8,16-17H2,1,3-4H3. The van der Waals surface area contributed by atoms with Crippen molar-refractivity contribution >= 4 is 16.9 Å². The summed E-state index contributed by atoms with van der Waals surface area (Å²) in [5, 5.41) is 0.390. The fraction of sp³-hybridized carbons (Fsp3) is 0.400. The third-order valence-electron chi connectivity index (χ3n) is 6.43. The first-order valence-corrected chi connectivity index (χ1v) is 12.9. The van der Waals surface area contributed by atoms with E-state index in [2.05, 4.69) is 18.2 Å². The van der Waals surface area contributed by atoms with Gasteiger partial charge in [0.1, 0.15) is 11.3 Å². The lowest BCUT2D eigenvalue weighted by Gasteiger charge is -2.32. The molecule has 0 spiro atoms. The third-order valence-corrected chi connectivity index (χ3v) is 6.43. The first-order chi connectivity index (χ1) is 19.1. The zero-order valence-electron chi connectivity index (χ0n) is 22.8. The number of unbranched alkanes of at least 4 members (excludes halogenated alkanes) is 2. The average molecular weight is 585 g/mol. The van der Waals surface area contributed by atoms with Crippen molar-refractivity contribution in [2.75, 3.05) is 13.2 Å². The zero-order chi connectivity index (χ0) is 30.6. The van der Waals surface area contributed by atoms with Crippen LogP contribution in [0.25, 0.3) is 22.1 Å². The quantitative estimate of drug-likeness (QED) is 0.0672.